The number of methoxy groups -OCH3 is 1. The number of likely N-dealkylation sites (tertiary alicyclic amines) is 1. The fraction of sp³-hybridized carbons (Fsp3) is 0.400. The van der Waals surface area contributed by atoms with Crippen LogP contribution in [0.15, 0.2) is 22.0 Å². The largest absolute Gasteiger partial charge is 0.465 e. The van der Waals surface area contributed by atoms with Gasteiger partial charge in [-0.25, -0.2) is 9.59 Å². The Balaban J connectivity index is 1.75. The molecule has 1 N–H and O–H groups in total. The monoisotopic (exact) mass is 335 g/mol. The van der Waals surface area contributed by atoms with Crippen molar-refractivity contribution in [3.05, 3.63) is 33.8 Å². The van der Waals surface area contributed by atoms with Crippen LogP contribution < -0.4 is 5.32 Å². The highest BCUT2D eigenvalue weighted by Crippen LogP contribution is 2.32. The number of thiophene rings is 1. The van der Waals surface area contributed by atoms with Gasteiger partial charge >= 0.3 is 12.0 Å². The molecule has 3 heterocycles. The Morgan fingerprint density at radius 3 is 3.04 bits per heavy atom. The minimum Gasteiger partial charge on any atom is -0.465 e. The SMILES string of the molecule is COC(=O)c1sccc1NC(=O)N1CCC[C@H]1c1cc(C)on1. The van der Waals surface area contributed by atoms with Crippen molar-refractivity contribution < 1.29 is 18.8 Å². The molecule has 122 valence electrons. The first-order chi connectivity index (χ1) is 11.1. The second-order valence-electron chi connectivity index (χ2n) is 5.30. The lowest BCUT2D eigenvalue weighted by atomic mass is 10.1. The summed E-state index contributed by atoms with van der Waals surface area (Å²) in [5.74, 6) is 0.262. The molecule has 2 amide bonds. The number of hydrogen-bond donors (Lipinski definition) is 1. The van der Waals surface area contributed by atoms with E-state index in [0.29, 0.717) is 17.1 Å². The molecule has 0 radical (unpaired) electrons. The average molecular weight is 335 g/mol. The van der Waals surface area contributed by atoms with E-state index in [0.717, 1.165) is 24.3 Å². The van der Waals surface area contributed by atoms with Crippen molar-refractivity contribution in [3.63, 3.8) is 0 Å². The maximum absolute atomic E-state index is 12.6. The number of carbonyl (C=O) groups excluding carboxylic acids is 2. The second-order valence-corrected chi connectivity index (χ2v) is 6.22. The molecule has 23 heavy (non-hydrogen) atoms. The maximum atomic E-state index is 12.6. The number of esters is 1. The van der Waals surface area contributed by atoms with E-state index in [1.165, 1.54) is 18.4 Å². The van der Waals surface area contributed by atoms with Gasteiger partial charge in [0.05, 0.1) is 18.8 Å². The first kappa shape index (κ1) is 15.5. The molecule has 1 saturated heterocycles. The van der Waals surface area contributed by atoms with Crippen LogP contribution in [-0.4, -0.2) is 35.7 Å². The molecule has 3 rings (SSSR count). The Kier molecular flexibility index (Phi) is 4.33. The molecule has 0 bridgehead atoms. The molecule has 2 aromatic rings. The summed E-state index contributed by atoms with van der Waals surface area (Å²) in [4.78, 5) is 26.4. The molecule has 2 aromatic heterocycles. The first-order valence-electron chi connectivity index (χ1n) is 7.27. The van der Waals surface area contributed by atoms with Crippen LogP contribution in [0.5, 0.6) is 0 Å². The Bertz CT molecular complexity index is 724. The van der Waals surface area contributed by atoms with Gasteiger partial charge in [0.2, 0.25) is 0 Å². The number of hydrogen-bond acceptors (Lipinski definition) is 6. The lowest BCUT2D eigenvalue weighted by Crippen LogP contribution is -2.34. The van der Waals surface area contributed by atoms with Crippen LogP contribution in [0.3, 0.4) is 0 Å². The molecular weight excluding hydrogens is 318 g/mol. The van der Waals surface area contributed by atoms with Gasteiger partial charge in [0.15, 0.2) is 0 Å². The predicted octanol–water partition coefficient (Wildman–Crippen LogP) is 3.20. The molecule has 0 spiro atoms. The third-order valence-corrected chi connectivity index (χ3v) is 4.67. The van der Waals surface area contributed by atoms with Gasteiger partial charge in [-0.2, -0.15) is 0 Å². The number of amides is 2. The van der Waals surface area contributed by atoms with E-state index in [4.69, 9.17) is 9.26 Å². The fourth-order valence-electron chi connectivity index (χ4n) is 2.71. The summed E-state index contributed by atoms with van der Waals surface area (Å²) < 4.78 is 9.83. The van der Waals surface area contributed by atoms with Crippen molar-refractivity contribution in [2.24, 2.45) is 0 Å². The average Bonchev–Trinajstić information content (AvgIpc) is 3.25. The predicted molar refractivity (Wildman–Crippen MR) is 84.6 cm³/mol. The van der Waals surface area contributed by atoms with Crippen LogP contribution >= 0.6 is 11.3 Å². The number of ether oxygens (including phenoxy) is 1. The van der Waals surface area contributed by atoms with Gasteiger partial charge in [0.25, 0.3) is 0 Å². The van der Waals surface area contributed by atoms with Crippen LogP contribution in [0.25, 0.3) is 0 Å². The summed E-state index contributed by atoms with van der Waals surface area (Å²) in [7, 11) is 1.32. The lowest BCUT2D eigenvalue weighted by molar-refractivity contribution is 0.0607. The molecule has 1 atom stereocenters. The molecular formula is C15H17N3O4S. The number of anilines is 1. The molecule has 0 saturated carbocycles. The van der Waals surface area contributed by atoms with E-state index in [1.54, 1.807) is 16.3 Å². The zero-order valence-electron chi connectivity index (χ0n) is 12.9. The third-order valence-electron chi connectivity index (χ3n) is 3.78. The van der Waals surface area contributed by atoms with Crippen LogP contribution in [0.4, 0.5) is 10.5 Å². The van der Waals surface area contributed by atoms with Gasteiger partial charge in [-0.15, -0.1) is 11.3 Å². The Morgan fingerprint density at radius 2 is 2.35 bits per heavy atom. The fourth-order valence-corrected chi connectivity index (χ4v) is 3.47. The third kappa shape index (κ3) is 3.07. The van der Waals surface area contributed by atoms with E-state index in [9.17, 15) is 9.59 Å². The summed E-state index contributed by atoms with van der Waals surface area (Å²) in [5.41, 5.74) is 1.22. The zero-order chi connectivity index (χ0) is 16.4. The standard InChI is InChI=1S/C15H17N3O4S/c1-9-8-11(17-22-9)12-4-3-6-18(12)15(20)16-10-5-7-23-13(10)14(19)21-2/h5,7-8,12H,3-4,6H2,1-2H3,(H,16,20)/t12-/m0/s1. The van der Waals surface area contributed by atoms with Crippen molar-refractivity contribution in [2.75, 3.05) is 19.0 Å². The number of rotatable bonds is 3. The smallest absolute Gasteiger partial charge is 0.350 e. The lowest BCUT2D eigenvalue weighted by Gasteiger charge is -2.23. The number of carbonyl (C=O) groups is 2. The Hall–Kier alpha value is -2.35. The molecule has 1 fully saturated rings. The maximum Gasteiger partial charge on any atom is 0.350 e. The summed E-state index contributed by atoms with van der Waals surface area (Å²) in [6.45, 7) is 2.46. The van der Waals surface area contributed by atoms with E-state index in [1.807, 2.05) is 13.0 Å². The second kappa shape index (κ2) is 6.41. The number of nitrogens with one attached hydrogen (secondary N) is 1. The van der Waals surface area contributed by atoms with E-state index >= 15 is 0 Å². The van der Waals surface area contributed by atoms with Crippen LogP contribution in [0, 0.1) is 6.92 Å². The van der Waals surface area contributed by atoms with E-state index in [2.05, 4.69) is 10.5 Å². The van der Waals surface area contributed by atoms with Crippen LogP contribution in [0.1, 0.15) is 40.0 Å². The highest BCUT2D eigenvalue weighted by Gasteiger charge is 2.32. The van der Waals surface area contributed by atoms with Gasteiger partial charge in [-0.3, -0.25) is 0 Å². The molecule has 1 aliphatic heterocycles. The van der Waals surface area contributed by atoms with Gasteiger partial charge in [-0.1, -0.05) is 5.16 Å². The van der Waals surface area contributed by atoms with Crippen molar-refractivity contribution in [1.82, 2.24) is 10.1 Å². The number of urea groups is 1. The molecule has 0 aliphatic carbocycles. The van der Waals surface area contributed by atoms with Gasteiger partial charge in [0, 0.05) is 12.6 Å². The summed E-state index contributed by atoms with van der Waals surface area (Å²) in [5, 5.41) is 8.55. The number of aryl methyl sites for hydroxylation is 1. The van der Waals surface area contributed by atoms with Gasteiger partial charge in [0.1, 0.15) is 16.3 Å². The normalized spacial score (nSPS) is 17.3. The number of aromatic nitrogens is 1. The number of nitrogens with zero attached hydrogens (tertiary/aromatic N) is 2. The zero-order valence-corrected chi connectivity index (χ0v) is 13.7. The van der Waals surface area contributed by atoms with Crippen molar-refractivity contribution in [2.45, 2.75) is 25.8 Å². The van der Waals surface area contributed by atoms with Crippen molar-refractivity contribution in [1.29, 1.82) is 0 Å². The summed E-state index contributed by atoms with van der Waals surface area (Å²) in [6.07, 6.45) is 1.74. The molecule has 1 aliphatic rings. The van der Waals surface area contributed by atoms with Crippen LogP contribution in [-0.2, 0) is 4.74 Å². The van der Waals surface area contributed by atoms with Crippen molar-refractivity contribution in [3.8, 4) is 0 Å². The summed E-state index contributed by atoms with van der Waals surface area (Å²) >= 11 is 1.23. The highest BCUT2D eigenvalue weighted by atomic mass is 32.1. The van der Waals surface area contributed by atoms with E-state index in [-0.39, 0.29) is 12.1 Å². The Labute approximate surface area is 137 Å². The molecule has 8 heteroatoms. The minimum absolute atomic E-state index is 0.104. The highest BCUT2D eigenvalue weighted by molar-refractivity contribution is 7.12. The minimum atomic E-state index is -0.458. The van der Waals surface area contributed by atoms with Crippen molar-refractivity contribution >= 4 is 29.0 Å². The quantitative estimate of drug-likeness (QED) is 0.871. The first-order valence-corrected chi connectivity index (χ1v) is 8.14. The topological polar surface area (TPSA) is 84.7 Å². The summed E-state index contributed by atoms with van der Waals surface area (Å²) in [6, 6.07) is 3.19. The Morgan fingerprint density at radius 1 is 1.52 bits per heavy atom. The van der Waals surface area contributed by atoms with Crippen LogP contribution in [0.2, 0.25) is 0 Å². The van der Waals surface area contributed by atoms with Gasteiger partial charge < -0.3 is 19.5 Å². The van der Waals surface area contributed by atoms with E-state index < -0.39 is 5.97 Å². The van der Waals surface area contributed by atoms with Gasteiger partial charge in [-0.05, 0) is 31.2 Å². The molecule has 0 unspecified atom stereocenters. The molecule has 7 nitrogen and oxygen atoms in total. The molecule has 0 aromatic carbocycles.